The standard InChI is InChI=1S/C24H33N3O/c1-20(28)19-26-13-10-21(11-14-26)9-12-25-15-17-27(18-16-25)24-8-4-6-22-5-2-3-7-23(22)24/h2-8,21H,9-19H2,1H3. The van der Waals surface area contributed by atoms with Gasteiger partial charge in [-0.1, -0.05) is 36.4 Å². The minimum absolute atomic E-state index is 0.294. The minimum atomic E-state index is 0.294. The van der Waals surface area contributed by atoms with Gasteiger partial charge in [0.25, 0.3) is 0 Å². The monoisotopic (exact) mass is 379 g/mol. The smallest absolute Gasteiger partial charge is 0.143 e. The number of hydrogen-bond acceptors (Lipinski definition) is 4. The Morgan fingerprint density at radius 3 is 2.36 bits per heavy atom. The molecule has 4 rings (SSSR count). The van der Waals surface area contributed by atoms with Crippen LogP contribution in [-0.4, -0.2) is 67.9 Å². The molecule has 28 heavy (non-hydrogen) atoms. The molecule has 2 aliphatic rings. The molecule has 0 aromatic heterocycles. The summed E-state index contributed by atoms with van der Waals surface area (Å²) < 4.78 is 0. The van der Waals surface area contributed by atoms with Crippen LogP contribution in [0.1, 0.15) is 26.2 Å². The van der Waals surface area contributed by atoms with Gasteiger partial charge in [0.15, 0.2) is 0 Å². The fourth-order valence-electron chi connectivity index (χ4n) is 4.81. The van der Waals surface area contributed by atoms with Crippen molar-refractivity contribution >= 4 is 22.2 Å². The number of carbonyl (C=O) groups is 1. The molecule has 2 aromatic rings. The molecule has 0 aliphatic carbocycles. The number of benzene rings is 2. The van der Waals surface area contributed by atoms with E-state index >= 15 is 0 Å². The average Bonchev–Trinajstić information content (AvgIpc) is 2.73. The van der Waals surface area contributed by atoms with Crippen LogP contribution in [0.4, 0.5) is 5.69 Å². The Morgan fingerprint density at radius 1 is 0.893 bits per heavy atom. The number of anilines is 1. The predicted octanol–water partition coefficient (Wildman–Crippen LogP) is 3.65. The Morgan fingerprint density at radius 2 is 1.61 bits per heavy atom. The third-order valence-corrected chi connectivity index (χ3v) is 6.49. The van der Waals surface area contributed by atoms with Crippen molar-refractivity contribution < 1.29 is 4.79 Å². The van der Waals surface area contributed by atoms with Crippen molar-refractivity contribution in [3.05, 3.63) is 42.5 Å². The number of likely N-dealkylation sites (tertiary alicyclic amines) is 1. The summed E-state index contributed by atoms with van der Waals surface area (Å²) in [6, 6.07) is 15.4. The van der Waals surface area contributed by atoms with Gasteiger partial charge in [-0.25, -0.2) is 0 Å². The summed E-state index contributed by atoms with van der Waals surface area (Å²) in [7, 11) is 0. The van der Waals surface area contributed by atoms with Crippen molar-refractivity contribution in [2.24, 2.45) is 5.92 Å². The number of ketones is 1. The first-order valence-corrected chi connectivity index (χ1v) is 10.9. The van der Waals surface area contributed by atoms with Gasteiger partial charge in [0.2, 0.25) is 0 Å². The minimum Gasteiger partial charge on any atom is -0.368 e. The third kappa shape index (κ3) is 4.73. The first-order valence-electron chi connectivity index (χ1n) is 10.9. The zero-order valence-electron chi connectivity index (χ0n) is 17.1. The molecule has 150 valence electrons. The van der Waals surface area contributed by atoms with Gasteiger partial charge in [-0.15, -0.1) is 0 Å². The van der Waals surface area contributed by atoms with Gasteiger partial charge >= 0.3 is 0 Å². The maximum Gasteiger partial charge on any atom is 0.143 e. The first-order chi connectivity index (χ1) is 13.7. The summed E-state index contributed by atoms with van der Waals surface area (Å²) in [6.45, 7) is 10.3. The van der Waals surface area contributed by atoms with Crippen molar-refractivity contribution in [2.45, 2.75) is 26.2 Å². The van der Waals surface area contributed by atoms with E-state index in [2.05, 4.69) is 57.2 Å². The molecule has 2 fully saturated rings. The van der Waals surface area contributed by atoms with Gasteiger partial charge in [0.05, 0.1) is 6.54 Å². The zero-order chi connectivity index (χ0) is 19.3. The summed E-state index contributed by atoms with van der Waals surface area (Å²) in [5.74, 6) is 1.13. The third-order valence-electron chi connectivity index (χ3n) is 6.49. The maximum absolute atomic E-state index is 11.3. The summed E-state index contributed by atoms with van der Waals surface area (Å²) in [4.78, 5) is 18.8. The Kier molecular flexibility index (Phi) is 6.28. The molecule has 0 unspecified atom stereocenters. The van der Waals surface area contributed by atoms with Crippen LogP contribution in [0.15, 0.2) is 42.5 Å². The van der Waals surface area contributed by atoms with E-state index in [9.17, 15) is 4.79 Å². The summed E-state index contributed by atoms with van der Waals surface area (Å²) >= 11 is 0. The lowest BCUT2D eigenvalue weighted by molar-refractivity contribution is -0.118. The van der Waals surface area contributed by atoms with Crippen LogP contribution < -0.4 is 4.90 Å². The number of nitrogens with zero attached hydrogens (tertiary/aromatic N) is 3. The van der Waals surface area contributed by atoms with Gasteiger partial charge in [-0.2, -0.15) is 0 Å². The molecule has 0 amide bonds. The molecule has 2 aliphatic heterocycles. The van der Waals surface area contributed by atoms with Crippen LogP contribution in [0.2, 0.25) is 0 Å². The van der Waals surface area contributed by atoms with E-state index < -0.39 is 0 Å². The van der Waals surface area contributed by atoms with Crippen LogP contribution in [-0.2, 0) is 4.79 Å². The van der Waals surface area contributed by atoms with Crippen LogP contribution in [0.25, 0.3) is 10.8 Å². The number of rotatable bonds is 6. The highest BCUT2D eigenvalue weighted by Crippen LogP contribution is 2.28. The van der Waals surface area contributed by atoms with Crippen molar-refractivity contribution in [3.8, 4) is 0 Å². The summed E-state index contributed by atoms with van der Waals surface area (Å²) in [5.41, 5.74) is 1.38. The molecule has 2 heterocycles. The highest BCUT2D eigenvalue weighted by atomic mass is 16.1. The number of hydrogen-bond donors (Lipinski definition) is 0. The van der Waals surface area contributed by atoms with Crippen LogP contribution in [0, 0.1) is 5.92 Å². The maximum atomic E-state index is 11.3. The Hall–Kier alpha value is -1.91. The molecule has 4 heteroatoms. The average molecular weight is 380 g/mol. The number of piperazine rings is 1. The molecule has 0 saturated carbocycles. The number of piperidine rings is 1. The summed E-state index contributed by atoms with van der Waals surface area (Å²) in [6.07, 6.45) is 3.81. The second-order valence-electron chi connectivity index (χ2n) is 8.54. The van der Waals surface area contributed by atoms with Crippen LogP contribution in [0.5, 0.6) is 0 Å². The Bertz CT molecular complexity index is 784. The zero-order valence-corrected chi connectivity index (χ0v) is 17.1. The fraction of sp³-hybridized carbons (Fsp3) is 0.542. The molecule has 4 nitrogen and oxygen atoms in total. The van der Waals surface area contributed by atoms with Crippen molar-refractivity contribution in [3.63, 3.8) is 0 Å². The number of Topliss-reactive ketones (excluding diaryl/α,β-unsaturated/α-hetero) is 1. The van der Waals surface area contributed by atoms with Crippen molar-refractivity contribution in [2.75, 3.05) is 57.3 Å². The van der Waals surface area contributed by atoms with Crippen LogP contribution >= 0.6 is 0 Å². The molecular formula is C24H33N3O. The largest absolute Gasteiger partial charge is 0.368 e. The van der Waals surface area contributed by atoms with Crippen molar-refractivity contribution in [1.29, 1.82) is 0 Å². The van der Waals surface area contributed by atoms with Crippen molar-refractivity contribution in [1.82, 2.24) is 9.80 Å². The molecule has 0 bridgehead atoms. The second kappa shape index (κ2) is 9.06. The fourth-order valence-corrected chi connectivity index (χ4v) is 4.81. The van der Waals surface area contributed by atoms with Gasteiger partial charge in [0.1, 0.15) is 5.78 Å². The number of fused-ring (bicyclic) bond motifs is 1. The lowest BCUT2D eigenvalue weighted by Crippen LogP contribution is -2.47. The molecule has 0 radical (unpaired) electrons. The quantitative estimate of drug-likeness (QED) is 0.765. The van der Waals surface area contributed by atoms with E-state index in [0.717, 1.165) is 45.2 Å². The van der Waals surface area contributed by atoms with E-state index in [-0.39, 0.29) is 0 Å². The normalized spacial score (nSPS) is 20.0. The topological polar surface area (TPSA) is 26.8 Å². The highest BCUT2D eigenvalue weighted by molar-refractivity contribution is 5.94. The first kappa shape index (κ1) is 19.4. The van der Waals surface area contributed by atoms with Gasteiger partial charge in [0, 0.05) is 37.3 Å². The van der Waals surface area contributed by atoms with Gasteiger partial charge in [-0.3, -0.25) is 14.6 Å². The van der Waals surface area contributed by atoms with Gasteiger partial charge < -0.3 is 4.90 Å². The molecule has 2 saturated heterocycles. The number of carbonyl (C=O) groups excluding carboxylic acids is 1. The van der Waals surface area contributed by atoms with Gasteiger partial charge in [-0.05, 0) is 63.2 Å². The molecule has 0 atom stereocenters. The molecular weight excluding hydrogens is 346 g/mol. The Labute approximate surface area is 169 Å². The lowest BCUT2D eigenvalue weighted by atomic mass is 9.93. The Balaban J connectivity index is 1.23. The highest BCUT2D eigenvalue weighted by Gasteiger charge is 2.22. The predicted molar refractivity (Wildman–Crippen MR) is 117 cm³/mol. The van der Waals surface area contributed by atoms with E-state index in [4.69, 9.17) is 0 Å². The molecule has 0 N–H and O–H groups in total. The van der Waals surface area contributed by atoms with Crippen LogP contribution in [0.3, 0.4) is 0 Å². The van der Waals surface area contributed by atoms with E-state index in [1.165, 1.54) is 42.3 Å². The van der Waals surface area contributed by atoms with E-state index in [1.807, 2.05) is 0 Å². The molecule has 0 spiro atoms. The van der Waals surface area contributed by atoms with E-state index in [0.29, 0.717) is 12.3 Å². The summed E-state index contributed by atoms with van der Waals surface area (Å²) in [5, 5.41) is 2.70. The SMILES string of the molecule is CC(=O)CN1CCC(CCN2CCN(c3cccc4ccccc34)CC2)CC1. The second-order valence-corrected chi connectivity index (χ2v) is 8.54. The van der Waals surface area contributed by atoms with E-state index in [1.54, 1.807) is 6.92 Å². The molecule has 2 aromatic carbocycles. The lowest BCUT2D eigenvalue weighted by Gasteiger charge is -2.38.